The van der Waals surface area contributed by atoms with Crippen molar-refractivity contribution in [3.05, 3.63) is 44.8 Å². The molecular formula is C9H10N4O2S. The maximum atomic E-state index is 10.7. The summed E-state index contributed by atoms with van der Waals surface area (Å²) in [6.07, 6.45) is 0.709. The van der Waals surface area contributed by atoms with Crippen LogP contribution in [0.3, 0.4) is 0 Å². The predicted octanol–water partition coefficient (Wildman–Crippen LogP) is 3.39. The van der Waals surface area contributed by atoms with Crippen molar-refractivity contribution < 1.29 is 4.92 Å². The van der Waals surface area contributed by atoms with Crippen LogP contribution >= 0.6 is 11.8 Å². The van der Waals surface area contributed by atoms with Gasteiger partial charge in [0.2, 0.25) is 0 Å². The number of hydrogen-bond acceptors (Lipinski definition) is 4. The highest BCUT2D eigenvalue weighted by atomic mass is 32.2. The predicted molar refractivity (Wildman–Crippen MR) is 62.5 cm³/mol. The summed E-state index contributed by atoms with van der Waals surface area (Å²) >= 11 is 1.40. The lowest BCUT2D eigenvalue weighted by molar-refractivity contribution is -0.387. The zero-order valence-corrected chi connectivity index (χ0v) is 9.26. The van der Waals surface area contributed by atoms with E-state index in [4.69, 9.17) is 5.53 Å². The summed E-state index contributed by atoms with van der Waals surface area (Å²) < 4.78 is 0. The molecule has 0 unspecified atom stereocenters. The normalized spacial score (nSPS) is 9.50. The summed E-state index contributed by atoms with van der Waals surface area (Å²) in [6, 6.07) is 6.61. The highest BCUT2D eigenvalue weighted by Crippen LogP contribution is 2.28. The number of nitrogens with zero attached hydrogens (tertiary/aromatic N) is 4. The Bertz CT molecular complexity index is 418. The van der Waals surface area contributed by atoms with Gasteiger partial charge < -0.3 is 0 Å². The standard InChI is InChI=1S/C9H10N4O2S/c10-12-11-6-3-7-16-9-5-2-1-4-8(9)13(14)15/h1-2,4-5H,3,6-7H2. The Hall–Kier alpha value is -1.72. The van der Waals surface area contributed by atoms with Crippen molar-refractivity contribution in [1.82, 2.24) is 0 Å². The molecule has 16 heavy (non-hydrogen) atoms. The molecule has 84 valence electrons. The summed E-state index contributed by atoms with van der Waals surface area (Å²) in [5.74, 6) is 0.698. The van der Waals surface area contributed by atoms with Crippen molar-refractivity contribution in [2.24, 2.45) is 5.11 Å². The largest absolute Gasteiger partial charge is 0.282 e. The van der Waals surface area contributed by atoms with Crippen molar-refractivity contribution >= 4 is 17.4 Å². The molecule has 0 heterocycles. The quantitative estimate of drug-likeness (QED) is 0.145. The van der Waals surface area contributed by atoms with Crippen LogP contribution < -0.4 is 0 Å². The van der Waals surface area contributed by atoms with E-state index in [2.05, 4.69) is 10.0 Å². The van der Waals surface area contributed by atoms with Gasteiger partial charge in [0.15, 0.2) is 0 Å². The maximum Gasteiger partial charge on any atom is 0.282 e. The van der Waals surface area contributed by atoms with Crippen LogP contribution in [0.4, 0.5) is 5.69 Å². The van der Waals surface area contributed by atoms with Gasteiger partial charge >= 0.3 is 0 Å². The minimum atomic E-state index is -0.393. The Morgan fingerprint density at radius 2 is 2.25 bits per heavy atom. The third kappa shape index (κ3) is 3.80. The Labute approximate surface area is 96.4 Å². The van der Waals surface area contributed by atoms with E-state index in [1.165, 1.54) is 17.8 Å². The number of azide groups is 1. The number of benzene rings is 1. The zero-order chi connectivity index (χ0) is 11.8. The van der Waals surface area contributed by atoms with Crippen molar-refractivity contribution in [3.8, 4) is 0 Å². The SMILES string of the molecule is [N-]=[N+]=NCCCSc1ccccc1[N+](=O)[O-]. The molecule has 0 aliphatic heterocycles. The van der Waals surface area contributed by atoms with Crippen molar-refractivity contribution in [2.75, 3.05) is 12.3 Å². The van der Waals surface area contributed by atoms with Crippen molar-refractivity contribution in [3.63, 3.8) is 0 Å². The van der Waals surface area contributed by atoms with Crippen LogP contribution in [-0.2, 0) is 0 Å². The number of nitro benzene ring substituents is 1. The summed E-state index contributed by atoms with van der Waals surface area (Å²) in [4.78, 5) is 13.6. The second kappa shape index (κ2) is 6.71. The first kappa shape index (κ1) is 12.4. The topological polar surface area (TPSA) is 91.9 Å². The second-order valence-corrected chi connectivity index (χ2v) is 4.02. The van der Waals surface area contributed by atoms with E-state index < -0.39 is 4.92 Å². The third-order valence-electron chi connectivity index (χ3n) is 1.79. The average Bonchev–Trinajstić information content (AvgIpc) is 2.29. The van der Waals surface area contributed by atoms with Gasteiger partial charge in [-0.1, -0.05) is 17.2 Å². The number of rotatable bonds is 6. The van der Waals surface area contributed by atoms with Crippen LogP contribution in [0.1, 0.15) is 6.42 Å². The van der Waals surface area contributed by atoms with Gasteiger partial charge in [-0.15, -0.1) is 11.8 Å². The number of para-hydroxylation sites is 1. The molecule has 0 spiro atoms. The van der Waals surface area contributed by atoms with Gasteiger partial charge in [0.25, 0.3) is 5.69 Å². The van der Waals surface area contributed by atoms with E-state index in [1.54, 1.807) is 18.2 Å². The highest BCUT2D eigenvalue weighted by molar-refractivity contribution is 7.99. The lowest BCUT2D eigenvalue weighted by Gasteiger charge is -2.00. The Morgan fingerprint density at radius 1 is 1.50 bits per heavy atom. The van der Waals surface area contributed by atoms with E-state index in [0.717, 1.165) is 0 Å². The Balaban J connectivity index is 2.53. The fraction of sp³-hybridized carbons (Fsp3) is 0.333. The molecule has 7 heteroatoms. The van der Waals surface area contributed by atoms with E-state index >= 15 is 0 Å². The van der Waals surface area contributed by atoms with Gasteiger partial charge in [0.05, 0.1) is 9.82 Å². The van der Waals surface area contributed by atoms with Crippen LogP contribution in [0.15, 0.2) is 34.3 Å². The summed E-state index contributed by atoms with van der Waals surface area (Å²) in [6.45, 7) is 0.421. The van der Waals surface area contributed by atoms with Gasteiger partial charge in [-0.25, -0.2) is 0 Å². The molecule has 1 rings (SSSR count). The molecule has 0 bridgehead atoms. The first-order chi connectivity index (χ1) is 7.75. The summed E-state index contributed by atoms with van der Waals surface area (Å²) in [5.41, 5.74) is 8.18. The first-order valence-corrected chi connectivity index (χ1v) is 5.61. The van der Waals surface area contributed by atoms with Crippen LogP contribution in [0.5, 0.6) is 0 Å². The molecule has 1 aromatic carbocycles. The third-order valence-corrected chi connectivity index (χ3v) is 2.93. The van der Waals surface area contributed by atoms with Gasteiger partial charge in [-0.3, -0.25) is 10.1 Å². The smallest absolute Gasteiger partial charge is 0.258 e. The maximum absolute atomic E-state index is 10.7. The van der Waals surface area contributed by atoms with Crippen LogP contribution in [0.2, 0.25) is 0 Å². The van der Waals surface area contributed by atoms with E-state index in [-0.39, 0.29) is 5.69 Å². The monoisotopic (exact) mass is 238 g/mol. The number of nitro groups is 1. The van der Waals surface area contributed by atoms with Crippen molar-refractivity contribution in [1.29, 1.82) is 0 Å². The molecule has 0 saturated heterocycles. The molecule has 0 N–H and O–H groups in total. The average molecular weight is 238 g/mol. The van der Waals surface area contributed by atoms with Gasteiger partial charge in [-0.2, -0.15) is 0 Å². The number of hydrogen-bond donors (Lipinski definition) is 0. The molecule has 6 nitrogen and oxygen atoms in total. The lowest BCUT2D eigenvalue weighted by Crippen LogP contribution is -1.91. The molecule has 0 radical (unpaired) electrons. The van der Waals surface area contributed by atoms with Crippen LogP contribution in [-0.4, -0.2) is 17.2 Å². The summed E-state index contributed by atoms with van der Waals surface area (Å²) in [7, 11) is 0. The molecule has 0 fully saturated rings. The minimum Gasteiger partial charge on any atom is -0.258 e. The van der Waals surface area contributed by atoms with E-state index in [9.17, 15) is 10.1 Å². The summed E-state index contributed by atoms with van der Waals surface area (Å²) in [5, 5.41) is 14.1. The van der Waals surface area contributed by atoms with Crippen molar-refractivity contribution in [2.45, 2.75) is 11.3 Å². The molecule has 0 aromatic heterocycles. The van der Waals surface area contributed by atoms with E-state index in [0.29, 0.717) is 23.6 Å². The highest BCUT2D eigenvalue weighted by Gasteiger charge is 2.11. The second-order valence-electron chi connectivity index (χ2n) is 2.88. The van der Waals surface area contributed by atoms with Crippen LogP contribution in [0, 0.1) is 10.1 Å². The fourth-order valence-corrected chi connectivity index (χ4v) is 2.05. The zero-order valence-electron chi connectivity index (χ0n) is 8.44. The van der Waals surface area contributed by atoms with Gasteiger partial charge in [0.1, 0.15) is 0 Å². The first-order valence-electron chi connectivity index (χ1n) is 4.63. The van der Waals surface area contributed by atoms with Gasteiger partial charge in [0, 0.05) is 17.5 Å². The lowest BCUT2D eigenvalue weighted by atomic mass is 10.3. The fourth-order valence-electron chi connectivity index (χ4n) is 1.09. The Kier molecular flexibility index (Phi) is 5.18. The molecule has 0 aliphatic rings. The molecule has 1 aromatic rings. The molecule has 0 amide bonds. The molecule has 0 atom stereocenters. The molecular weight excluding hydrogens is 228 g/mol. The molecule has 0 saturated carbocycles. The van der Waals surface area contributed by atoms with Crippen LogP contribution in [0.25, 0.3) is 10.4 Å². The Morgan fingerprint density at radius 3 is 2.94 bits per heavy atom. The minimum absolute atomic E-state index is 0.122. The molecule has 0 aliphatic carbocycles. The number of thioether (sulfide) groups is 1. The van der Waals surface area contributed by atoms with E-state index in [1.807, 2.05) is 0 Å². The van der Waals surface area contributed by atoms with Gasteiger partial charge in [-0.05, 0) is 23.8 Å².